The Labute approximate surface area is 141 Å². The molecule has 1 aromatic carbocycles. The largest absolute Gasteiger partial charge is 0.416 e. The van der Waals surface area contributed by atoms with E-state index in [4.69, 9.17) is 34.2 Å². The molecule has 2 unspecified atom stereocenters. The van der Waals surface area contributed by atoms with Crippen molar-refractivity contribution < 1.29 is 17.4 Å². The molecule has 0 saturated carbocycles. The van der Waals surface area contributed by atoms with Crippen LogP contribution in [0.5, 0.6) is 0 Å². The van der Waals surface area contributed by atoms with Crippen LogP contribution >= 0.6 is 23.2 Å². The highest BCUT2D eigenvalue weighted by molar-refractivity contribution is 7.88. The van der Waals surface area contributed by atoms with Crippen molar-refractivity contribution in [3.8, 4) is 6.07 Å². The lowest BCUT2D eigenvalue weighted by atomic mass is 9.98. The van der Waals surface area contributed by atoms with Gasteiger partial charge in [-0.25, -0.2) is 0 Å². The first-order chi connectivity index (χ1) is 10.5. The summed E-state index contributed by atoms with van der Waals surface area (Å²) in [5.41, 5.74) is 2.51. The van der Waals surface area contributed by atoms with Gasteiger partial charge in [-0.2, -0.15) is 23.5 Å². The Bertz CT molecular complexity index is 792. The number of nitrogens with zero attached hydrogens (tertiary/aromatic N) is 3. The van der Waals surface area contributed by atoms with Gasteiger partial charge in [-0.15, -0.1) is 5.11 Å². The molecule has 23 heavy (non-hydrogen) atoms. The predicted molar refractivity (Wildman–Crippen MR) is 78.9 cm³/mol. The highest BCUT2D eigenvalue weighted by Crippen LogP contribution is 2.46. The minimum Gasteiger partial charge on any atom is -0.297 e. The Hall–Kier alpha value is -1.47. The van der Waals surface area contributed by atoms with Gasteiger partial charge in [-0.05, 0) is 12.1 Å². The van der Waals surface area contributed by atoms with Crippen molar-refractivity contribution in [3.63, 3.8) is 0 Å². The van der Waals surface area contributed by atoms with Crippen molar-refractivity contribution in [3.05, 3.63) is 43.9 Å². The number of benzene rings is 1. The maximum absolute atomic E-state index is 12.8. The molecule has 0 amide bonds. The molecule has 2 rings (SSSR count). The zero-order chi connectivity index (χ0) is 17.6. The van der Waals surface area contributed by atoms with Gasteiger partial charge in [0.25, 0.3) is 0 Å². The molecule has 0 aliphatic carbocycles. The molecule has 122 valence electrons. The van der Waals surface area contributed by atoms with Crippen LogP contribution in [0.2, 0.25) is 10.0 Å². The molecule has 0 fully saturated rings. The summed E-state index contributed by atoms with van der Waals surface area (Å²) in [6, 6.07) is 2.94. The van der Waals surface area contributed by atoms with E-state index in [1.165, 1.54) is 6.26 Å². The van der Waals surface area contributed by atoms with Crippen molar-refractivity contribution >= 4 is 34.0 Å². The number of halogens is 5. The maximum Gasteiger partial charge on any atom is 0.416 e. The standard InChI is InChI=1S/C12H7Cl2F3N4OS/c1-23(22)10-8(4-18)20-21-11(10,19)9-6(13)2-5(3-7(9)14)12(15,16)17/h2-3H,19H2,1H3. The fraction of sp³-hybridized carbons (Fsp3) is 0.250. The average molecular weight is 383 g/mol. The molecule has 2 atom stereocenters. The normalized spacial score (nSPS) is 22.3. The lowest BCUT2D eigenvalue weighted by Crippen LogP contribution is -2.37. The number of nitriles is 1. The van der Waals surface area contributed by atoms with Crippen LogP contribution in [0.1, 0.15) is 11.1 Å². The lowest BCUT2D eigenvalue weighted by Gasteiger charge is -2.25. The van der Waals surface area contributed by atoms with E-state index in [-0.39, 0.29) is 16.2 Å². The Morgan fingerprint density at radius 2 is 1.87 bits per heavy atom. The van der Waals surface area contributed by atoms with E-state index in [0.29, 0.717) is 12.1 Å². The smallest absolute Gasteiger partial charge is 0.297 e. The first kappa shape index (κ1) is 17.9. The number of azo groups is 1. The van der Waals surface area contributed by atoms with Crippen molar-refractivity contribution in [2.45, 2.75) is 11.8 Å². The van der Waals surface area contributed by atoms with Crippen molar-refractivity contribution in [1.29, 1.82) is 5.26 Å². The number of allylic oxidation sites excluding steroid dienone is 1. The van der Waals surface area contributed by atoms with Gasteiger partial charge >= 0.3 is 6.18 Å². The number of nitrogens with two attached hydrogens (primary N) is 1. The van der Waals surface area contributed by atoms with E-state index in [2.05, 4.69) is 10.2 Å². The van der Waals surface area contributed by atoms with E-state index in [0.717, 1.165) is 0 Å². The van der Waals surface area contributed by atoms with Crippen LogP contribution in [-0.2, 0) is 22.6 Å². The van der Waals surface area contributed by atoms with Crippen LogP contribution in [0.15, 0.2) is 33.0 Å². The second-order valence-electron chi connectivity index (χ2n) is 4.52. The van der Waals surface area contributed by atoms with Gasteiger partial charge in [0.15, 0.2) is 11.4 Å². The topological polar surface area (TPSA) is 91.6 Å². The summed E-state index contributed by atoms with van der Waals surface area (Å²) in [6.45, 7) is 0. The molecule has 0 saturated heterocycles. The van der Waals surface area contributed by atoms with Crippen LogP contribution in [0.4, 0.5) is 13.2 Å². The molecule has 0 radical (unpaired) electrons. The number of alkyl halides is 3. The molecule has 0 bridgehead atoms. The second-order valence-corrected chi connectivity index (χ2v) is 6.65. The fourth-order valence-electron chi connectivity index (χ4n) is 2.09. The molecule has 11 heteroatoms. The SMILES string of the molecule is CS(=O)C1=C(C#N)N=NC1(N)c1c(Cl)cc(C(F)(F)F)cc1Cl. The number of hydrogen-bond donors (Lipinski definition) is 1. The highest BCUT2D eigenvalue weighted by Gasteiger charge is 2.45. The second kappa shape index (κ2) is 5.87. The summed E-state index contributed by atoms with van der Waals surface area (Å²) in [5.74, 6) is 0. The Kier molecular flexibility index (Phi) is 4.56. The van der Waals surface area contributed by atoms with Gasteiger partial charge in [0.05, 0.1) is 26.4 Å². The molecule has 0 aromatic heterocycles. The summed E-state index contributed by atoms with van der Waals surface area (Å²) < 4.78 is 50.2. The number of rotatable bonds is 2. The fourth-order valence-corrected chi connectivity index (χ4v) is 3.81. The van der Waals surface area contributed by atoms with E-state index < -0.39 is 38.2 Å². The molecule has 1 heterocycles. The third-order valence-electron chi connectivity index (χ3n) is 3.01. The van der Waals surface area contributed by atoms with Gasteiger partial charge in [0, 0.05) is 11.8 Å². The van der Waals surface area contributed by atoms with Gasteiger partial charge < -0.3 is 0 Å². The minimum atomic E-state index is -4.66. The summed E-state index contributed by atoms with van der Waals surface area (Å²) >= 11 is 11.8. The zero-order valence-corrected chi connectivity index (χ0v) is 13.6. The minimum absolute atomic E-state index is 0.177. The molecule has 0 spiro atoms. The predicted octanol–water partition coefficient (Wildman–Crippen LogP) is 3.70. The molecular weight excluding hydrogens is 376 g/mol. The van der Waals surface area contributed by atoms with Gasteiger partial charge in [0.1, 0.15) is 11.0 Å². The third-order valence-corrected chi connectivity index (χ3v) is 4.69. The van der Waals surface area contributed by atoms with Gasteiger partial charge in [-0.1, -0.05) is 23.2 Å². The Morgan fingerprint density at radius 3 is 2.26 bits per heavy atom. The Balaban J connectivity index is 2.73. The highest BCUT2D eigenvalue weighted by atomic mass is 35.5. The lowest BCUT2D eigenvalue weighted by molar-refractivity contribution is -0.137. The summed E-state index contributed by atoms with van der Waals surface area (Å²) in [7, 11) is -1.77. The van der Waals surface area contributed by atoms with E-state index in [1.807, 2.05) is 0 Å². The maximum atomic E-state index is 12.8. The van der Waals surface area contributed by atoms with E-state index in [1.54, 1.807) is 6.07 Å². The molecule has 1 aliphatic heterocycles. The van der Waals surface area contributed by atoms with Crippen LogP contribution in [0.3, 0.4) is 0 Å². The third kappa shape index (κ3) is 2.99. The van der Waals surface area contributed by atoms with Crippen LogP contribution in [0, 0.1) is 11.3 Å². The molecule has 5 nitrogen and oxygen atoms in total. The average Bonchev–Trinajstić information content (AvgIpc) is 2.74. The summed E-state index contributed by atoms with van der Waals surface area (Å²) in [5, 5.41) is 15.3. The van der Waals surface area contributed by atoms with Gasteiger partial charge in [-0.3, -0.25) is 9.94 Å². The monoisotopic (exact) mass is 382 g/mol. The van der Waals surface area contributed by atoms with Crippen molar-refractivity contribution in [2.75, 3.05) is 6.26 Å². The van der Waals surface area contributed by atoms with Gasteiger partial charge in [0.2, 0.25) is 0 Å². The molecule has 1 aromatic rings. The zero-order valence-electron chi connectivity index (χ0n) is 11.3. The first-order valence-corrected chi connectivity index (χ1v) is 8.10. The molecular formula is C12H7Cl2F3N4OS. The van der Waals surface area contributed by atoms with E-state index in [9.17, 15) is 17.4 Å². The van der Waals surface area contributed by atoms with Crippen LogP contribution in [0.25, 0.3) is 0 Å². The van der Waals surface area contributed by atoms with E-state index >= 15 is 0 Å². The Morgan fingerprint density at radius 1 is 1.35 bits per heavy atom. The first-order valence-electron chi connectivity index (χ1n) is 5.79. The molecule has 1 aliphatic rings. The van der Waals surface area contributed by atoms with Crippen LogP contribution < -0.4 is 5.73 Å². The van der Waals surface area contributed by atoms with Crippen molar-refractivity contribution in [1.82, 2.24) is 0 Å². The quantitative estimate of drug-likeness (QED) is 0.844. The summed E-state index contributed by atoms with van der Waals surface area (Å²) in [6.07, 6.45) is -3.43. The summed E-state index contributed by atoms with van der Waals surface area (Å²) in [4.78, 5) is -0.177. The van der Waals surface area contributed by atoms with Crippen molar-refractivity contribution in [2.24, 2.45) is 16.0 Å². The number of hydrogen-bond acceptors (Lipinski definition) is 5. The van der Waals surface area contributed by atoms with Crippen LogP contribution in [-0.4, -0.2) is 10.5 Å². The molecule has 2 N–H and O–H groups in total.